The number of aromatic amines is 1. The maximum absolute atomic E-state index is 13.8. The number of methoxy groups -OCH3 is 2. The van der Waals surface area contributed by atoms with E-state index in [1.54, 1.807) is 17.3 Å². The van der Waals surface area contributed by atoms with Gasteiger partial charge in [0.15, 0.2) is 0 Å². The van der Waals surface area contributed by atoms with Crippen molar-refractivity contribution in [2.24, 2.45) is 16.8 Å². The summed E-state index contributed by atoms with van der Waals surface area (Å²) in [5, 5.41) is 2.70. The van der Waals surface area contributed by atoms with Gasteiger partial charge < -0.3 is 29.6 Å². The van der Waals surface area contributed by atoms with Gasteiger partial charge in [0, 0.05) is 42.6 Å². The number of nitrogens with zero attached hydrogens (tertiary/aromatic N) is 4. The zero-order valence-electron chi connectivity index (χ0n) is 32.0. The highest BCUT2D eigenvalue weighted by Crippen LogP contribution is 2.35. The van der Waals surface area contributed by atoms with E-state index in [1.807, 2.05) is 73.3 Å². The zero-order valence-corrected chi connectivity index (χ0v) is 32.9. The Morgan fingerprint density at radius 2 is 1.57 bits per heavy atom. The van der Waals surface area contributed by atoms with Crippen LogP contribution in [0.4, 0.5) is 4.79 Å². The van der Waals surface area contributed by atoms with Crippen molar-refractivity contribution in [2.45, 2.75) is 70.5 Å². The fraction of sp³-hybridized carbons (Fsp3) is 0.395. The first-order valence-electron chi connectivity index (χ1n) is 18.7. The van der Waals surface area contributed by atoms with Crippen LogP contribution in [0.2, 0.25) is 0 Å². The minimum Gasteiger partial charge on any atom is -0.469 e. The molecule has 0 bridgehead atoms. The highest BCUT2D eigenvalue weighted by molar-refractivity contribution is 5.99. The molecule has 6 rings (SSSR count). The molecule has 0 aliphatic carbocycles. The number of hydrogen-bond acceptors (Lipinski definition) is 8. The van der Waals surface area contributed by atoms with E-state index in [0.717, 1.165) is 59.6 Å². The number of esters is 1. The second-order valence-electron chi connectivity index (χ2n) is 14.2. The summed E-state index contributed by atoms with van der Waals surface area (Å²) in [5.74, 6) is 11.8. The van der Waals surface area contributed by atoms with Gasteiger partial charge in [0.05, 0.1) is 50.5 Å². The van der Waals surface area contributed by atoms with Crippen molar-refractivity contribution < 1.29 is 28.7 Å². The van der Waals surface area contributed by atoms with Crippen LogP contribution in [0.25, 0.3) is 11.3 Å². The summed E-state index contributed by atoms with van der Waals surface area (Å²) in [4.78, 5) is 67.8. The van der Waals surface area contributed by atoms with E-state index >= 15 is 0 Å². The maximum Gasteiger partial charge on any atom is 0.407 e. The van der Waals surface area contributed by atoms with Gasteiger partial charge in [-0.1, -0.05) is 68.2 Å². The molecule has 292 valence electrons. The van der Waals surface area contributed by atoms with Crippen molar-refractivity contribution in [3.8, 4) is 34.9 Å². The van der Waals surface area contributed by atoms with Crippen LogP contribution in [0.1, 0.15) is 81.4 Å². The number of allylic oxidation sites excluding steroid dienone is 1. The van der Waals surface area contributed by atoms with Crippen LogP contribution >= 0.6 is 12.4 Å². The van der Waals surface area contributed by atoms with Gasteiger partial charge in [-0.05, 0) is 66.7 Å². The number of benzene rings is 2. The Kier molecular flexibility index (Phi) is 14.1. The van der Waals surface area contributed by atoms with Crippen LogP contribution < -0.4 is 5.32 Å². The quantitative estimate of drug-likeness (QED) is 0.185. The highest BCUT2D eigenvalue weighted by atomic mass is 35.5. The molecular weight excluding hydrogens is 732 g/mol. The smallest absolute Gasteiger partial charge is 0.407 e. The minimum absolute atomic E-state index is 0. The number of aliphatic imine (C=N–C) groups is 1. The van der Waals surface area contributed by atoms with E-state index in [4.69, 9.17) is 9.47 Å². The minimum atomic E-state index is -0.867. The molecule has 3 amide bonds. The van der Waals surface area contributed by atoms with Crippen molar-refractivity contribution in [1.82, 2.24) is 25.1 Å². The van der Waals surface area contributed by atoms with Crippen molar-refractivity contribution >= 4 is 42.0 Å². The monoisotopic (exact) mass is 778 g/mol. The average Bonchev–Trinajstić information content (AvgIpc) is 4.04. The zero-order chi connectivity index (χ0) is 38.9. The molecule has 4 heterocycles. The van der Waals surface area contributed by atoms with Gasteiger partial charge >= 0.3 is 12.1 Å². The number of likely N-dealkylation sites (tertiary alicyclic amines) is 2. The number of halogens is 1. The second-order valence-corrected chi connectivity index (χ2v) is 14.2. The predicted molar refractivity (Wildman–Crippen MR) is 214 cm³/mol. The van der Waals surface area contributed by atoms with Crippen LogP contribution in [-0.4, -0.2) is 82.7 Å². The first-order valence-corrected chi connectivity index (χ1v) is 18.7. The number of carbonyl (C=O) groups excluding carboxylic acids is 4. The van der Waals surface area contributed by atoms with Crippen LogP contribution in [-0.2, 0) is 23.9 Å². The largest absolute Gasteiger partial charge is 0.469 e. The molecule has 0 saturated carbocycles. The molecule has 2 fully saturated rings. The van der Waals surface area contributed by atoms with Crippen LogP contribution in [0.3, 0.4) is 0 Å². The Labute approximate surface area is 333 Å². The van der Waals surface area contributed by atoms with E-state index in [-0.39, 0.29) is 54.6 Å². The molecular formula is C43H47ClN6O6. The second kappa shape index (κ2) is 19.1. The molecule has 2 N–H and O–H groups in total. The fourth-order valence-electron chi connectivity index (χ4n) is 7.38. The summed E-state index contributed by atoms with van der Waals surface area (Å²) in [6, 6.07) is 15.7. The van der Waals surface area contributed by atoms with E-state index < -0.39 is 18.1 Å². The average molecular weight is 779 g/mol. The van der Waals surface area contributed by atoms with Crippen LogP contribution in [0.5, 0.6) is 0 Å². The summed E-state index contributed by atoms with van der Waals surface area (Å²) in [6.45, 7) is 5.10. The first-order chi connectivity index (χ1) is 26.7. The van der Waals surface area contributed by atoms with Gasteiger partial charge in [0.2, 0.25) is 11.8 Å². The summed E-state index contributed by atoms with van der Waals surface area (Å²) < 4.78 is 9.65. The van der Waals surface area contributed by atoms with E-state index in [2.05, 4.69) is 44.0 Å². The molecule has 3 aliphatic heterocycles. The SMILES string of the molecule is COC(=O)C[C@H](C(=O)N1CCC[C@H]1c1ncc(-c2ccc(C#CC#CC3=CN=C([C@@H]4CCCN4C(=O)[C@H](NC(=O)OC)c4ccccc4)C3)cc2)[nH]1)C(C)C.Cl. The Bertz CT molecular complexity index is 2090. The fourth-order valence-corrected chi connectivity index (χ4v) is 7.38. The van der Waals surface area contributed by atoms with E-state index in [0.29, 0.717) is 25.1 Å². The van der Waals surface area contributed by atoms with Crippen molar-refractivity contribution in [3.05, 3.63) is 89.5 Å². The summed E-state index contributed by atoms with van der Waals surface area (Å²) >= 11 is 0. The number of aromatic nitrogens is 2. The summed E-state index contributed by atoms with van der Waals surface area (Å²) in [5.41, 5.74) is 4.96. The van der Waals surface area contributed by atoms with Crippen molar-refractivity contribution in [2.75, 3.05) is 27.3 Å². The Morgan fingerprint density at radius 3 is 2.25 bits per heavy atom. The molecule has 2 saturated heterocycles. The number of alkyl carbamates (subject to hydrolysis) is 1. The molecule has 1 aromatic heterocycles. The highest BCUT2D eigenvalue weighted by Gasteiger charge is 2.39. The maximum atomic E-state index is 13.8. The predicted octanol–water partition coefficient (Wildman–Crippen LogP) is 6.17. The summed E-state index contributed by atoms with van der Waals surface area (Å²) in [7, 11) is 2.62. The third kappa shape index (κ3) is 9.68. The lowest BCUT2D eigenvalue weighted by molar-refractivity contribution is -0.148. The van der Waals surface area contributed by atoms with Crippen LogP contribution in [0.15, 0.2) is 77.6 Å². The Morgan fingerprint density at radius 1 is 0.893 bits per heavy atom. The number of carbonyl (C=O) groups is 4. The Hall–Kier alpha value is -5.85. The number of amides is 3. The molecule has 3 aromatic rings. The van der Waals surface area contributed by atoms with Gasteiger partial charge in [-0.15, -0.1) is 12.4 Å². The van der Waals surface area contributed by atoms with Gasteiger partial charge in [-0.2, -0.15) is 0 Å². The van der Waals surface area contributed by atoms with E-state index in [9.17, 15) is 19.2 Å². The number of ether oxygens (including phenoxy) is 2. The number of imidazole rings is 1. The number of H-pyrrole nitrogens is 1. The van der Waals surface area contributed by atoms with E-state index in [1.165, 1.54) is 14.2 Å². The molecule has 0 radical (unpaired) electrons. The molecule has 12 nitrogen and oxygen atoms in total. The van der Waals surface area contributed by atoms with Gasteiger partial charge in [-0.25, -0.2) is 9.78 Å². The molecule has 0 unspecified atom stereocenters. The molecule has 2 aromatic carbocycles. The normalized spacial score (nSPS) is 18.3. The molecule has 3 aliphatic rings. The third-order valence-corrected chi connectivity index (χ3v) is 10.4. The number of hydrogen-bond donors (Lipinski definition) is 2. The Balaban J connectivity index is 0.00000600. The molecule has 0 spiro atoms. The lowest BCUT2D eigenvalue weighted by Gasteiger charge is -2.29. The molecule has 4 atom stereocenters. The van der Waals surface area contributed by atoms with Gasteiger partial charge in [-0.3, -0.25) is 19.4 Å². The first kappa shape index (κ1) is 41.3. The third-order valence-electron chi connectivity index (χ3n) is 10.4. The lowest BCUT2D eigenvalue weighted by atomic mass is 9.91. The molecule has 13 heteroatoms. The number of nitrogens with one attached hydrogen (secondary N) is 2. The van der Waals surface area contributed by atoms with Crippen LogP contribution in [0, 0.1) is 35.5 Å². The molecule has 56 heavy (non-hydrogen) atoms. The van der Waals surface area contributed by atoms with Gasteiger partial charge in [0.1, 0.15) is 11.9 Å². The summed E-state index contributed by atoms with van der Waals surface area (Å²) in [6.07, 6.45) is 6.73. The topological polar surface area (TPSA) is 146 Å². The standard InChI is InChI=1S/C43H46N6O6.ClH/c1-28(2)33(25-38(50)54-3)41(51)49-23-11-17-37(49)40-45-27-35(46-40)31-20-18-29(19-21-31)12-8-9-13-30-24-34(44-26-30)36-16-10-22-48(36)42(52)39(47-43(53)55-4)32-14-6-5-7-15-32;/h5-7,14-15,18-21,26-28,33,36-37,39H,10-11,16-17,22-25H2,1-4H3,(H,45,46)(H,47,53);1H/t33-,36-,37-,39+;/m0./s1. The van der Waals surface area contributed by atoms with Crippen molar-refractivity contribution in [3.63, 3.8) is 0 Å². The van der Waals surface area contributed by atoms with Crippen molar-refractivity contribution in [1.29, 1.82) is 0 Å². The number of rotatable bonds is 10. The van der Waals surface area contributed by atoms with Gasteiger partial charge in [0.25, 0.3) is 0 Å². The lowest BCUT2D eigenvalue weighted by Crippen LogP contribution is -2.47.